The topological polar surface area (TPSA) is 81.8 Å². The molecule has 0 saturated heterocycles. The number of aryl methyl sites for hydroxylation is 1. The van der Waals surface area contributed by atoms with Crippen LogP contribution in [0, 0.1) is 0 Å². The van der Waals surface area contributed by atoms with Crippen molar-refractivity contribution >= 4 is 27.7 Å². The van der Waals surface area contributed by atoms with Crippen LogP contribution in [-0.2, 0) is 18.4 Å². The largest absolute Gasteiger partial charge is 0.348 e. The molecule has 136 valence electrons. The van der Waals surface area contributed by atoms with Crippen molar-refractivity contribution in [1.82, 2.24) is 24.6 Å². The lowest BCUT2D eigenvalue weighted by Gasteiger charge is -2.17. The summed E-state index contributed by atoms with van der Waals surface area (Å²) < 4.78 is 2.83. The van der Waals surface area contributed by atoms with E-state index in [1.54, 1.807) is 7.05 Å². The molecule has 7 nitrogen and oxygen atoms in total. The van der Waals surface area contributed by atoms with Crippen LogP contribution in [0.3, 0.4) is 0 Å². The van der Waals surface area contributed by atoms with Gasteiger partial charge in [0, 0.05) is 7.05 Å². The van der Waals surface area contributed by atoms with E-state index in [-0.39, 0.29) is 24.1 Å². The Balaban J connectivity index is 1.56. The maximum absolute atomic E-state index is 12.5. The quantitative estimate of drug-likeness (QED) is 0.604. The zero-order chi connectivity index (χ0) is 19.0. The van der Waals surface area contributed by atoms with Crippen LogP contribution in [0.4, 0.5) is 0 Å². The third-order valence-electron chi connectivity index (χ3n) is 4.70. The molecular formula is C20H19N5O2. The maximum atomic E-state index is 12.5. The zero-order valence-electron chi connectivity index (χ0n) is 15.1. The summed E-state index contributed by atoms with van der Waals surface area (Å²) in [4.78, 5) is 29.2. The zero-order valence-corrected chi connectivity index (χ0v) is 15.1. The predicted molar refractivity (Wildman–Crippen MR) is 103 cm³/mol. The Morgan fingerprint density at radius 3 is 2.78 bits per heavy atom. The second kappa shape index (κ2) is 6.68. The highest BCUT2D eigenvalue weighted by Gasteiger charge is 2.14. The Morgan fingerprint density at radius 1 is 1.15 bits per heavy atom. The first-order valence-corrected chi connectivity index (χ1v) is 8.69. The van der Waals surface area contributed by atoms with Crippen molar-refractivity contribution in [3.05, 3.63) is 70.9 Å². The summed E-state index contributed by atoms with van der Waals surface area (Å²) in [5.41, 5.74) is 1.26. The number of nitrogens with zero attached hydrogens (tertiary/aromatic N) is 4. The molecule has 4 rings (SSSR count). The van der Waals surface area contributed by atoms with Gasteiger partial charge in [-0.1, -0.05) is 42.5 Å². The van der Waals surface area contributed by atoms with Crippen LogP contribution in [0.1, 0.15) is 18.5 Å². The first-order chi connectivity index (χ1) is 13.0. The highest BCUT2D eigenvalue weighted by Crippen LogP contribution is 2.23. The molecule has 27 heavy (non-hydrogen) atoms. The van der Waals surface area contributed by atoms with Crippen molar-refractivity contribution in [3.8, 4) is 0 Å². The van der Waals surface area contributed by atoms with Crippen LogP contribution in [0.2, 0.25) is 0 Å². The van der Waals surface area contributed by atoms with Crippen LogP contribution in [0.5, 0.6) is 0 Å². The number of fused-ring (bicyclic) bond motifs is 2. The molecule has 1 atom stereocenters. The first kappa shape index (κ1) is 17.0. The van der Waals surface area contributed by atoms with Gasteiger partial charge in [-0.25, -0.2) is 4.98 Å². The lowest BCUT2D eigenvalue weighted by molar-refractivity contribution is -0.122. The van der Waals surface area contributed by atoms with Gasteiger partial charge < -0.3 is 5.32 Å². The van der Waals surface area contributed by atoms with Crippen molar-refractivity contribution in [2.45, 2.75) is 19.5 Å². The summed E-state index contributed by atoms with van der Waals surface area (Å²) in [6.07, 6.45) is 2.85. The van der Waals surface area contributed by atoms with Gasteiger partial charge in [-0.05, 0) is 23.3 Å². The van der Waals surface area contributed by atoms with E-state index in [1.165, 1.54) is 21.8 Å². The van der Waals surface area contributed by atoms with Gasteiger partial charge in [0.2, 0.25) is 5.91 Å². The van der Waals surface area contributed by atoms with Gasteiger partial charge in [-0.15, -0.1) is 0 Å². The van der Waals surface area contributed by atoms with E-state index in [4.69, 9.17) is 0 Å². The number of amides is 1. The Bertz CT molecular complexity index is 1200. The van der Waals surface area contributed by atoms with Crippen LogP contribution >= 0.6 is 0 Å². The fraction of sp³-hybridized carbons (Fsp3) is 0.200. The number of carbonyl (C=O) groups is 1. The van der Waals surface area contributed by atoms with Crippen molar-refractivity contribution in [2.24, 2.45) is 7.05 Å². The Morgan fingerprint density at radius 2 is 1.93 bits per heavy atom. The summed E-state index contributed by atoms with van der Waals surface area (Å²) in [5.74, 6) is -0.248. The van der Waals surface area contributed by atoms with Gasteiger partial charge in [0.25, 0.3) is 5.56 Å². The molecule has 1 amide bonds. The highest BCUT2D eigenvalue weighted by atomic mass is 16.2. The highest BCUT2D eigenvalue weighted by molar-refractivity contribution is 5.87. The van der Waals surface area contributed by atoms with E-state index in [1.807, 2.05) is 49.4 Å². The van der Waals surface area contributed by atoms with Crippen molar-refractivity contribution in [2.75, 3.05) is 0 Å². The fourth-order valence-electron chi connectivity index (χ4n) is 3.33. The summed E-state index contributed by atoms with van der Waals surface area (Å²) in [6, 6.07) is 13.9. The lowest BCUT2D eigenvalue weighted by atomic mass is 10.00. The third-order valence-corrected chi connectivity index (χ3v) is 4.70. The van der Waals surface area contributed by atoms with Gasteiger partial charge in [-0.2, -0.15) is 5.10 Å². The molecule has 0 aliphatic carbocycles. The molecule has 0 spiro atoms. The van der Waals surface area contributed by atoms with Gasteiger partial charge in [0.15, 0.2) is 5.65 Å². The molecule has 0 bridgehead atoms. The van der Waals surface area contributed by atoms with Crippen molar-refractivity contribution in [3.63, 3.8) is 0 Å². The number of benzene rings is 2. The molecule has 2 heterocycles. The third kappa shape index (κ3) is 3.08. The summed E-state index contributed by atoms with van der Waals surface area (Å²) in [6.45, 7) is 1.84. The van der Waals surface area contributed by atoms with Crippen LogP contribution < -0.4 is 10.9 Å². The number of aromatic nitrogens is 4. The van der Waals surface area contributed by atoms with Crippen LogP contribution in [-0.4, -0.2) is 25.2 Å². The molecular weight excluding hydrogens is 342 g/mol. The van der Waals surface area contributed by atoms with Gasteiger partial charge in [0.1, 0.15) is 18.3 Å². The molecule has 1 N–H and O–H groups in total. The van der Waals surface area contributed by atoms with Crippen molar-refractivity contribution < 1.29 is 4.79 Å². The van der Waals surface area contributed by atoms with Gasteiger partial charge in [0.05, 0.1) is 12.2 Å². The minimum atomic E-state index is -0.277. The predicted octanol–water partition coefficient (Wildman–Crippen LogP) is 2.16. The van der Waals surface area contributed by atoms with E-state index in [0.29, 0.717) is 11.0 Å². The smallest absolute Gasteiger partial charge is 0.264 e. The summed E-state index contributed by atoms with van der Waals surface area (Å²) in [5, 5.41) is 9.63. The molecule has 2 aromatic heterocycles. The van der Waals surface area contributed by atoms with E-state index < -0.39 is 0 Å². The molecule has 0 aliphatic rings. The van der Waals surface area contributed by atoms with E-state index in [9.17, 15) is 9.59 Å². The molecule has 0 aliphatic heterocycles. The monoisotopic (exact) mass is 361 g/mol. The lowest BCUT2D eigenvalue weighted by Crippen LogP contribution is -2.34. The minimum Gasteiger partial charge on any atom is -0.348 e. The SMILES string of the molecule is C[C@@H](NC(=O)Cn1cnc2c(cnn2C)c1=O)c1cccc2ccccc12. The molecule has 0 saturated carbocycles. The van der Waals surface area contributed by atoms with Gasteiger partial charge in [-0.3, -0.25) is 18.8 Å². The van der Waals surface area contributed by atoms with Gasteiger partial charge >= 0.3 is 0 Å². The van der Waals surface area contributed by atoms with Crippen LogP contribution in [0.15, 0.2) is 59.8 Å². The van der Waals surface area contributed by atoms with E-state index in [2.05, 4.69) is 15.4 Å². The first-order valence-electron chi connectivity index (χ1n) is 8.69. The average molecular weight is 361 g/mol. The molecule has 0 unspecified atom stereocenters. The fourth-order valence-corrected chi connectivity index (χ4v) is 3.33. The summed E-state index contributed by atoms with van der Waals surface area (Å²) in [7, 11) is 1.72. The molecule has 4 aromatic rings. The van der Waals surface area contributed by atoms with E-state index >= 15 is 0 Å². The maximum Gasteiger partial charge on any atom is 0.264 e. The van der Waals surface area contributed by atoms with E-state index in [0.717, 1.165) is 16.3 Å². The number of hydrogen-bond acceptors (Lipinski definition) is 4. The second-order valence-electron chi connectivity index (χ2n) is 6.54. The standard InChI is InChI=1S/C20H19N5O2/c1-13(15-9-5-7-14-6-3-4-8-16(14)15)23-18(26)11-25-12-21-19-17(20(25)27)10-22-24(19)2/h3-10,12-13H,11H2,1-2H3,(H,23,26)/t13-/m1/s1. The number of carbonyl (C=O) groups excluding carboxylic acids is 1. The number of rotatable bonds is 4. The Labute approximate surface area is 155 Å². The van der Waals surface area contributed by atoms with Crippen molar-refractivity contribution in [1.29, 1.82) is 0 Å². The number of hydrogen-bond donors (Lipinski definition) is 1. The molecule has 7 heteroatoms. The second-order valence-corrected chi connectivity index (χ2v) is 6.54. The normalized spacial score (nSPS) is 12.4. The number of nitrogens with one attached hydrogen (secondary N) is 1. The average Bonchev–Trinajstić information content (AvgIpc) is 3.05. The Hall–Kier alpha value is -3.48. The molecule has 0 fully saturated rings. The van der Waals surface area contributed by atoms with Crippen LogP contribution in [0.25, 0.3) is 21.8 Å². The Kier molecular flexibility index (Phi) is 4.19. The molecule has 0 radical (unpaired) electrons. The molecule has 2 aromatic carbocycles. The minimum absolute atomic E-state index is 0.0915. The summed E-state index contributed by atoms with van der Waals surface area (Å²) >= 11 is 0.